The predicted molar refractivity (Wildman–Crippen MR) is 160 cm³/mol. The maximum atomic E-state index is 13.1. The Morgan fingerprint density at radius 2 is 1.88 bits per heavy atom. The van der Waals surface area contributed by atoms with E-state index in [2.05, 4.69) is 31.6 Å². The highest BCUT2D eigenvalue weighted by atomic mass is 16.5. The van der Waals surface area contributed by atoms with Crippen molar-refractivity contribution in [3.8, 4) is 17.1 Å². The fraction of sp³-hybridized carbons (Fsp3) is 0.406. The Labute approximate surface area is 240 Å². The zero-order valence-electron chi connectivity index (χ0n) is 24.0. The third kappa shape index (κ3) is 7.42. The van der Waals surface area contributed by atoms with Crippen LogP contribution in [-0.4, -0.2) is 76.7 Å². The fourth-order valence-corrected chi connectivity index (χ4v) is 5.37. The van der Waals surface area contributed by atoms with Gasteiger partial charge in [-0.2, -0.15) is 0 Å². The smallest absolute Gasteiger partial charge is 0.252 e. The summed E-state index contributed by atoms with van der Waals surface area (Å²) >= 11 is 0. The molecule has 0 aliphatic carbocycles. The van der Waals surface area contributed by atoms with Crippen LogP contribution in [0.4, 0.5) is 0 Å². The molecule has 1 N–H and O–H groups in total. The molecule has 216 valence electrons. The van der Waals surface area contributed by atoms with Crippen molar-refractivity contribution in [3.63, 3.8) is 0 Å². The van der Waals surface area contributed by atoms with Crippen molar-refractivity contribution < 1.29 is 14.3 Å². The van der Waals surface area contributed by atoms with Crippen molar-refractivity contribution >= 4 is 16.8 Å². The van der Waals surface area contributed by atoms with E-state index in [0.29, 0.717) is 26.2 Å². The van der Waals surface area contributed by atoms with Gasteiger partial charge in [0.25, 0.3) is 5.56 Å². The maximum absolute atomic E-state index is 13.1. The standard InChI is InChI=1S/C32H39N5O4/c1-24-9-10-25-20-27(32(39)34-29(25)19-24)22-35-12-3-4-13-36(30(38)23-40-2)14-6-18-41-28-8-5-7-26(21-28)31-33-11-15-37(31)17-16-35/h5,7-11,15,19-21H,3-4,6,12-14,16-18,22-23H2,1-2H3,(H,34,39). The number of hydrogen-bond donors (Lipinski definition) is 1. The van der Waals surface area contributed by atoms with Crippen LogP contribution in [0.25, 0.3) is 22.3 Å². The summed E-state index contributed by atoms with van der Waals surface area (Å²) in [4.78, 5) is 37.7. The number of amides is 1. The number of carbonyl (C=O) groups excluding carboxylic acids is 1. The number of rotatable bonds is 4. The largest absolute Gasteiger partial charge is 0.494 e. The van der Waals surface area contributed by atoms with Gasteiger partial charge >= 0.3 is 0 Å². The number of benzene rings is 2. The molecule has 5 rings (SSSR count). The number of fused-ring (bicyclic) bond motifs is 5. The highest BCUT2D eigenvalue weighted by Crippen LogP contribution is 2.23. The SMILES string of the molecule is COCC(=O)N1CCCCN(Cc2cc3ccc(C)cc3[nH]c2=O)CCn2ccnc2-c2cccc(c2)OCCC1. The molecule has 0 radical (unpaired) electrons. The molecule has 1 aliphatic heterocycles. The van der Waals surface area contributed by atoms with Gasteiger partial charge in [-0.15, -0.1) is 0 Å². The average molecular weight is 558 g/mol. The summed E-state index contributed by atoms with van der Waals surface area (Å²) in [6, 6.07) is 16.1. The summed E-state index contributed by atoms with van der Waals surface area (Å²) in [5.41, 5.74) is 3.66. The molecule has 1 amide bonds. The van der Waals surface area contributed by atoms with Gasteiger partial charge in [-0.1, -0.05) is 24.3 Å². The molecule has 2 aromatic heterocycles. The number of imidazole rings is 1. The van der Waals surface area contributed by atoms with Crippen molar-refractivity contribution in [2.75, 3.05) is 46.5 Å². The minimum atomic E-state index is -0.0528. The second kappa shape index (κ2) is 13.6. The summed E-state index contributed by atoms with van der Waals surface area (Å²) in [5.74, 6) is 1.66. The summed E-state index contributed by atoms with van der Waals surface area (Å²) in [6.45, 7) is 6.71. The number of aryl methyl sites for hydroxylation is 1. The van der Waals surface area contributed by atoms with Gasteiger partial charge < -0.3 is 23.9 Å². The van der Waals surface area contributed by atoms with E-state index in [4.69, 9.17) is 9.47 Å². The molecule has 0 spiro atoms. The first-order valence-corrected chi connectivity index (χ1v) is 14.4. The molecule has 0 fully saturated rings. The Bertz CT molecular complexity index is 1530. The van der Waals surface area contributed by atoms with Gasteiger partial charge in [-0.3, -0.25) is 14.5 Å². The Hall–Kier alpha value is -3.95. The lowest BCUT2D eigenvalue weighted by molar-refractivity contribution is -0.135. The zero-order chi connectivity index (χ0) is 28.6. The molecular formula is C32H39N5O4. The van der Waals surface area contributed by atoms with E-state index in [-0.39, 0.29) is 18.1 Å². The Morgan fingerprint density at radius 1 is 1.02 bits per heavy atom. The minimum Gasteiger partial charge on any atom is -0.494 e. The quantitative estimate of drug-likeness (QED) is 0.404. The van der Waals surface area contributed by atoms with Crippen molar-refractivity contribution in [3.05, 3.63) is 82.4 Å². The monoisotopic (exact) mass is 557 g/mol. The number of pyridine rings is 1. The second-order valence-corrected chi connectivity index (χ2v) is 10.7. The lowest BCUT2D eigenvalue weighted by atomic mass is 10.1. The number of hydrogen-bond acceptors (Lipinski definition) is 6. The van der Waals surface area contributed by atoms with Crippen molar-refractivity contribution in [2.24, 2.45) is 0 Å². The van der Waals surface area contributed by atoms with Gasteiger partial charge in [0, 0.05) is 68.9 Å². The van der Waals surface area contributed by atoms with Gasteiger partial charge in [-0.05, 0) is 67.9 Å². The molecule has 0 unspecified atom stereocenters. The van der Waals surface area contributed by atoms with Crippen LogP contribution in [0.2, 0.25) is 0 Å². The molecule has 9 nitrogen and oxygen atoms in total. The number of aromatic nitrogens is 3. The fourth-order valence-electron chi connectivity index (χ4n) is 5.37. The van der Waals surface area contributed by atoms with E-state index in [1.807, 2.05) is 60.6 Å². The summed E-state index contributed by atoms with van der Waals surface area (Å²) in [5, 5.41) is 1.03. The Morgan fingerprint density at radius 3 is 2.76 bits per heavy atom. The normalized spacial score (nSPS) is 15.7. The molecule has 0 saturated heterocycles. The highest BCUT2D eigenvalue weighted by molar-refractivity contribution is 5.79. The number of carbonyl (C=O) groups is 1. The van der Waals surface area contributed by atoms with E-state index in [0.717, 1.165) is 78.1 Å². The topological polar surface area (TPSA) is 92.7 Å². The molecule has 1 aliphatic rings. The first kappa shape index (κ1) is 28.6. The summed E-state index contributed by atoms with van der Waals surface area (Å²) < 4.78 is 13.3. The van der Waals surface area contributed by atoms with Crippen LogP contribution in [0.5, 0.6) is 5.75 Å². The first-order valence-electron chi connectivity index (χ1n) is 14.4. The summed E-state index contributed by atoms with van der Waals surface area (Å²) in [6.07, 6.45) is 6.31. The number of aromatic amines is 1. The van der Waals surface area contributed by atoms with Crippen molar-refractivity contribution in [1.29, 1.82) is 0 Å². The second-order valence-electron chi connectivity index (χ2n) is 10.7. The third-order valence-electron chi connectivity index (χ3n) is 7.55. The molecule has 3 heterocycles. The van der Waals surface area contributed by atoms with Crippen LogP contribution in [0.15, 0.2) is 65.7 Å². The van der Waals surface area contributed by atoms with Crippen LogP contribution in [0.1, 0.15) is 30.4 Å². The van der Waals surface area contributed by atoms with Crippen LogP contribution in [0.3, 0.4) is 0 Å². The zero-order valence-corrected chi connectivity index (χ0v) is 24.0. The Balaban J connectivity index is 1.39. The van der Waals surface area contributed by atoms with E-state index in [1.54, 1.807) is 7.11 Å². The lowest BCUT2D eigenvalue weighted by Crippen LogP contribution is -2.36. The van der Waals surface area contributed by atoms with Crippen LogP contribution < -0.4 is 10.3 Å². The average Bonchev–Trinajstić information content (AvgIpc) is 3.44. The van der Waals surface area contributed by atoms with E-state index < -0.39 is 0 Å². The van der Waals surface area contributed by atoms with Crippen LogP contribution in [-0.2, 0) is 22.6 Å². The van der Waals surface area contributed by atoms with Crippen LogP contribution >= 0.6 is 0 Å². The van der Waals surface area contributed by atoms with Gasteiger partial charge in [0.05, 0.1) is 6.61 Å². The van der Waals surface area contributed by atoms with Gasteiger partial charge in [0.1, 0.15) is 18.2 Å². The molecule has 2 bridgehead atoms. The molecule has 2 aromatic carbocycles. The van der Waals surface area contributed by atoms with E-state index in [1.165, 1.54) is 0 Å². The minimum absolute atomic E-state index is 0.00683. The van der Waals surface area contributed by atoms with Gasteiger partial charge in [-0.25, -0.2) is 4.98 Å². The van der Waals surface area contributed by atoms with E-state index in [9.17, 15) is 9.59 Å². The number of methoxy groups -OCH3 is 1. The first-order chi connectivity index (χ1) is 20.0. The number of ether oxygens (including phenoxy) is 2. The predicted octanol–water partition coefficient (Wildman–Crippen LogP) is 4.24. The Kier molecular flexibility index (Phi) is 9.48. The lowest BCUT2D eigenvalue weighted by Gasteiger charge is -2.25. The third-order valence-corrected chi connectivity index (χ3v) is 7.55. The van der Waals surface area contributed by atoms with Crippen LogP contribution in [0, 0.1) is 6.92 Å². The molecule has 41 heavy (non-hydrogen) atoms. The molecular weight excluding hydrogens is 518 g/mol. The van der Waals surface area contributed by atoms with Gasteiger partial charge in [0.15, 0.2) is 0 Å². The highest BCUT2D eigenvalue weighted by Gasteiger charge is 2.16. The molecule has 0 atom stereocenters. The molecule has 4 aromatic rings. The number of nitrogens with zero attached hydrogens (tertiary/aromatic N) is 4. The number of nitrogens with one attached hydrogen (secondary N) is 1. The van der Waals surface area contributed by atoms with E-state index >= 15 is 0 Å². The maximum Gasteiger partial charge on any atom is 0.252 e. The number of H-pyrrole nitrogens is 1. The van der Waals surface area contributed by atoms with Crippen molar-refractivity contribution in [2.45, 2.75) is 39.3 Å². The van der Waals surface area contributed by atoms with Crippen molar-refractivity contribution in [1.82, 2.24) is 24.3 Å². The summed E-state index contributed by atoms with van der Waals surface area (Å²) in [7, 11) is 1.55. The molecule has 0 saturated carbocycles. The molecule has 9 heteroatoms. The van der Waals surface area contributed by atoms with Gasteiger partial charge in [0.2, 0.25) is 5.91 Å².